The van der Waals surface area contributed by atoms with Gasteiger partial charge < -0.3 is 5.32 Å². The molecule has 1 aliphatic rings. The first-order chi connectivity index (χ1) is 6.09. The molecule has 2 nitrogen and oxygen atoms in total. The van der Waals surface area contributed by atoms with E-state index in [4.69, 9.17) is 0 Å². The monoisotopic (exact) mass is 201 g/mol. The molecule has 0 saturated carbocycles. The van der Waals surface area contributed by atoms with E-state index >= 15 is 0 Å². The number of rotatable bonds is 0. The Bertz CT molecular complexity index is 394. The molecule has 0 bridgehead atoms. The van der Waals surface area contributed by atoms with Crippen molar-refractivity contribution in [3.63, 3.8) is 0 Å². The molecular weight excluding hydrogens is 196 g/mol. The molecule has 0 saturated heterocycles. The molecule has 68 valence electrons. The molecule has 1 unspecified atom stereocenters. The molecule has 13 heavy (non-hydrogen) atoms. The van der Waals surface area contributed by atoms with E-state index in [-0.39, 0.29) is 11.3 Å². The summed E-state index contributed by atoms with van der Waals surface area (Å²) >= 11 is 3.92. The first-order valence-electron chi connectivity index (χ1n) is 3.57. The molecule has 1 aliphatic heterocycles. The molecular formula is C8H5F2NOS. The highest BCUT2D eigenvalue weighted by molar-refractivity contribution is 7.81. The standard InChI is InChI=1S/C8H5F2NOS/c9-3-1-4-6(5(10)2-3)11-8(12)7(4)13/h1-2,7,13H,(H,11,12). The lowest BCUT2D eigenvalue weighted by Crippen LogP contribution is -2.07. The Morgan fingerprint density at radius 3 is 2.77 bits per heavy atom. The summed E-state index contributed by atoms with van der Waals surface area (Å²) in [5.74, 6) is -1.89. The van der Waals surface area contributed by atoms with Crippen LogP contribution in [-0.2, 0) is 4.79 Å². The van der Waals surface area contributed by atoms with E-state index < -0.39 is 22.8 Å². The fourth-order valence-electron chi connectivity index (χ4n) is 1.27. The normalized spacial score (nSPS) is 19.9. The molecule has 5 heteroatoms. The number of nitrogens with one attached hydrogen (secondary N) is 1. The molecule has 1 aromatic rings. The quantitative estimate of drug-likeness (QED) is 0.616. The predicted molar refractivity (Wildman–Crippen MR) is 46.7 cm³/mol. The molecule has 1 atom stereocenters. The van der Waals surface area contributed by atoms with Crippen molar-refractivity contribution in [1.29, 1.82) is 0 Å². The third-order valence-electron chi connectivity index (χ3n) is 1.88. The van der Waals surface area contributed by atoms with Crippen LogP contribution in [0.3, 0.4) is 0 Å². The lowest BCUT2D eigenvalue weighted by molar-refractivity contribution is -0.115. The molecule has 2 rings (SSSR count). The summed E-state index contributed by atoms with van der Waals surface area (Å²) in [7, 11) is 0. The van der Waals surface area contributed by atoms with Gasteiger partial charge in [-0.15, -0.1) is 0 Å². The number of carbonyl (C=O) groups is 1. The minimum Gasteiger partial charge on any atom is -0.322 e. The van der Waals surface area contributed by atoms with Crippen LogP contribution >= 0.6 is 12.6 Å². The van der Waals surface area contributed by atoms with Gasteiger partial charge in [-0.1, -0.05) is 0 Å². The van der Waals surface area contributed by atoms with Crippen LogP contribution in [0.2, 0.25) is 0 Å². The summed E-state index contributed by atoms with van der Waals surface area (Å²) in [6, 6.07) is 1.83. The zero-order valence-corrected chi connectivity index (χ0v) is 7.24. The van der Waals surface area contributed by atoms with Crippen LogP contribution in [0.4, 0.5) is 14.5 Å². The maximum absolute atomic E-state index is 13.0. The Labute approximate surface area is 78.4 Å². The number of hydrogen-bond donors (Lipinski definition) is 2. The van der Waals surface area contributed by atoms with Crippen molar-refractivity contribution in [2.24, 2.45) is 0 Å². The molecule has 1 N–H and O–H groups in total. The molecule has 0 spiro atoms. The molecule has 1 aromatic carbocycles. The van der Waals surface area contributed by atoms with Crippen LogP contribution < -0.4 is 5.32 Å². The number of amides is 1. The summed E-state index contributed by atoms with van der Waals surface area (Å²) in [5, 5.41) is 1.51. The fourth-order valence-corrected chi connectivity index (χ4v) is 1.54. The van der Waals surface area contributed by atoms with Gasteiger partial charge in [0.05, 0.1) is 5.69 Å². The minimum atomic E-state index is -0.778. The van der Waals surface area contributed by atoms with Gasteiger partial charge in [-0.25, -0.2) is 8.78 Å². The summed E-state index contributed by atoms with van der Waals surface area (Å²) in [5.41, 5.74) is 0.289. The van der Waals surface area contributed by atoms with Gasteiger partial charge in [-0.2, -0.15) is 12.6 Å². The van der Waals surface area contributed by atoms with Crippen molar-refractivity contribution < 1.29 is 13.6 Å². The molecule has 0 aromatic heterocycles. The van der Waals surface area contributed by atoms with Crippen molar-refractivity contribution in [2.45, 2.75) is 5.25 Å². The first-order valence-corrected chi connectivity index (χ1v) is 4.09. The van der Waals surface area contributed by atoms with Gasteiger partial charge in [0.25, 0.3) is 0 Å². The van der Waals surface area contributed by atoms with Gasteiger partial charge in [-0.05, 0) is 6.07 Å². The van der Waals surface area contributed by atoms with Crippen molar-refractivity contribution in [2.75, 3.05) is 5.32 Å². The largest absolute Gasteiger partial charge is 0.322 e. The number of halogens is 2. The highest BCUT2D eigenvalue weighted by atomic mass is 32.1. The maximum Gasteiger partial charge on any atom is 0.241 e. The van der Waals surface area contributed by atoms with Crippen molar-refractivity contribution >= 4 is 24.2 Å². The average Bonchev–Trinajstić information content (AvgIpc) is 2.32. The van der Waals surface area contributed by atoms with Gasteiger partial charge in [0, 0.05) is 11.6 Å². The summed E-state index contributed by atoms with van der Waals surface area (Å²) in [6.07, 6.45) is 0. The summed E-state index contributed by atoms with van der Waals surface area (Å²) in [6.45, 7) is 0. The second-order valence-corrected chi connectivity index (χ2v) is 3.26. The van der Waals surface area contributed by atoms with Gasteiger partial charge in [-0.3, -0.25) is 4.79 Å². The van der Waals surface area contributed by atoms with E-state index in [1.54, 1.807) is 0 Å². The highest BCUT2D eigenvalue weighted by Crippen LogP contribution is 2.36. The third kappa shape index (κ3) is 1.19. The molecule has 0 fully saturated rings. The summed E-state index contributed by atoms with van der Waals surface area (Å²) < 4.78 is 25.7. The molecule has 1 heterocycles. The Morgan fingerprint density at radius 2 is 2.08 bits per heavy atom. The van der Waals surface area contributed by atoms with Crippen molar-refractivity contribution in [3.05, 3.63) is 29.3 Å². The zero-order valence-electron chi connectivity index (χ0n) is 6.34. The lowest BCUT2D eigenvalue weighted by atomic mass is 10.1. The van der Waals surface area contributed by atoms with Crippen LogP contribution in [0.25, 0.3) is 0 Å². The van der Waals surface area contributed by atoms with Crippen LogP contribution in [0, 0.1) is 11.6 Å². The highest BCUT2D eigenvalue weighted by Gasteiger charge is 2.30. The SMILES string of the molecule is O=C1Nc2c(F)cc(F)cc2C1S. The molecule has 1 amide bonds. The lowest BCUT2D eigenvalue weighted by Gasteiger charge is -2.00. The van der Waals surface area contributed by atoms with Crippen LogP contribution in [0.5, 0.6) is 0 Å². The Kier molecular flexibility index (Phi) is 1.76. The van der Waals surface area contributed by atoms with Crippen LogP contribution in [0.1, 0.15) is 10.8 Å². The first kappa shape index (κ1) is 8.50. The second-order valence-electron chi connectivity index (χ2n) is 2.74. The minimum absolute atomic E-state index is 0.0337. The topological polar surface area (TPSA) is 29.1 Å². The zero-order chi connectivity index (χ0) is 9.59. The van der Waals surface area contributed by atoms with Gasteiger partial charge >= 0.3 is 0 Å². The number of thiol groups is 1. The number of benzene rings is 1. The number of hydrogen-bond acceptors (Lipinski definition) is 2. The second kappa shape index (κ2) is 2.70. The number of fused-ring (bicyclic) bond motifs is 1. The van der Waals surface area contributed by atoms with Crippen molar-refractivity contribution in [1.82, 2.24) is 0 Å². The molecule has 0 aliphatic carbocycles. The smallest absolute Gasteiger partial charge is 0.241 e. The Hall–Kier alpha value is -1.10. The third-order valence-corrected chi connectivity index (χ3v) is 2.39. The van der Waals surface area contributed by atoms with Crippen LogP contribution in [-0.4, -0.2) is 5.91 Å². The van der Waals surface area contributed by atoms with E-state index in [2.05, 4.69) is 17.9 Å². The Balaban J connectivity index is 2.63. The number of anilines is 1. The van der Waals surface area contributed by atoms with Gasteiger partial charge in [0.15, 0.2) is 0 Å². The van der Waals surface area contributed by atoms with E-state index in [0.29, 0.717) is 0 Å². The van der Waals surface area contributed by atoms with E-state index in [1.165, 1.54) is 0 Å². The Morgan fingerprint density at radius 1 is 1.38 bits per heavy atom. The van der Waals surface area contributed by atoms with Gasteiger partial charge in [0.1, 0.15) is 16.9 Å². The van der Waals surface area contributed by atoms with E-state index in [1.807, 2.05) is 0 Å². The maximum atomic E-state index is 13.0. The van der Waals surface area contributed by atoms with E-state index in [0.717, 1.165) is 12.1 Å². The molecule has 0 radical (unpaired) electrons. The van der Waals surface area contributed by atoms with Crippen molar-refractivity contribution in [3.8, 4) is 0 Å². The fraction of sp³-hybridized carbons (Fsp3) is 0.125. The van der Waals surface area contributed by atoms with Crippen LogP contribution in [0.15, 0.2) is 12.1 Å². The van der Waals surface area contributed by atoms with Gasteiger partial charge in [0.2, 0.25) is 5.91 Å². The van der Waals surface area contributed by atoms with E-state index in [9.17, 15) is 13.6 Å². The summed E-state index contributed by atoms with van der Waals surface area (Å²) in [4.78, 5) is 11.0. The number of carbonyl (C=O) groups excluding carboxylic acids is 1. The predicted octanol–water partition coefficient (Wildman–Crippen LogP) is 1.89. The average molecular weight is 201 g/mol.